The van der Waals surface area contributed by atoms with Crippen LogP contribution in [0.25, 0.3) is 0 Å². The van der Waals surface area contributed by atoms with E-state index in [2.05, 4.69) is 10.3 Å². The van der Waals surface area contributed by atoms with Gasteiger partial charge in [-0.3, -0.25) is 0 Å². The van der Waals surface area contributed by atoms with E-state index in [4.69, 9.17) is 16.6 Å². The number of anilines is 1. The molecule has 1 N–H and O–H groups in total. The van der Waals surface area contributed by atoms with Crippen LogP contribution in [0.4, 0.5) is 5.82 Å². The topological polar surface area (TPSA) is 37.8 Å². The maximum Gasteiger partial charge on any atom is 0.137 e. The van der Waals surface area contributed by atoms with Gasteiger partial charge >= 0.3 is 0 Å². The summed E-state index contributed by atoms with van der Waals surface area (Å²) in [5.41, 5.74) is 1.02. The maximum absolute atomic E-state index is 6.29. The van der Waals surface area contributed by atoms with Crippen molar-refractivity contribution in [3.05, 3.63) is 16.5 Å². The molecule has 4 saturated carbocycles. The summed E-state index contributed by atoms with van der Waals surface area (Å²) in [4.78, 5) is 9.22. The molecule has 0 spiro atoms. The summed E-state index contributed by atoms with van der Waals surface area (Å²) >= 11 is 6.29. The lowest BCUT2D eigenvalue weighted by atomic mass is 10.0. The Hall–Kier alpha value is -0.830. The van der Waals surface area contributed by atoms with E-state index in [0.717, 1.165) is 40.9 Å². The largest absolute Gasteiger partial charge is 0.366 e. The van der Waals surface area contributed by atoms with Crippen molar-refractivity contribution in [3.8, 4) is 0 Å². The molecule has 4 aliphatic carbocycles. The van der Waals surface area contributed by atoms with E-state index < -0.39 is 0 Å². The lowest BCUT2D eigenvalue weighted by Crippen LogP contribution is -2.15. The highest BCUT2D eigenvalue weighted by molar-refractivity contribution is 6.30. The molecule has 0 amide bonds. The number of rotatable bonds is 3. The average Bonchev–Trinajstić information content (AvgIpc) is 3.33. The predicted molar refractivity (Wildman–Crippen MR) is 79.0 cm³/mol. The Morgan fingerprint density at radius 3 is 2.40 bits per heavy atom. The summed E-state index contributed by atoms with van der Waals surface area (Å²) in [6.45, 7) is 2.04. The lowest BCUT2D eigenvalue weighted by Gasteiger charge is -2.14. The molecule has 1 aromatic rings. The van der Waals surface area contributed by atoms with Crippen LogP contribution >= 0.6 is 11.6 Å². The monoisotopic (exact) mass is 289 g/mol. The molecule has 0 saturated heterocycles. The Morgan fingerprint density at radius 1 is 1.05 bits per heavy atom. The van der Waals surface area contributed by atoms with Gasteiger partial charge in [0.15, 0.2) is 0 Å². The highest BCUT2D eigenvalue weighted by Gasteiger charge is 2.65. The van der Waals surface area contributed by atoms with Gasteiger partial charge in [-0.25, -0.2) is 9.97 Å². The minimum absolute atomic E-state index is 0.559. The van der Waals surface area contributed by atoms with Crippen molar-refractivity contribution >= 4 is 17.4 Å². The van der Waals surface area contributed by atoms with Gasteiger partial charge in [-0.1, -0.05) is 11.6 Å². The SMILES string of the molecule is Cc1c(Cl)nc(C2CC2)nc1NC1C2C3CCC(C3)C12. The maximum atomic E-state index is 6.29. The van der Waals surface area contributed by atoms with Crippen molar-refractivity contribution in [3.63, 3.8) is 0 Å². The molecule has 4 fully saturated rings. The molecule has 106 valence electrons. The van der Waals surface area contributed by atoms with E-state index in [1.807, 2.05) is 6.92 Å². The summed E-state index contributed by atoms with van der Waals surface area (Å²) < 4.78 is 0. The Balaban J connectivity index is 1.41. The third-order valence-electron chi connectivity index (χ3n) is 6.08. The van der Waals surface area contributed by atoms with Crippen LogP contribution in [0, 0.1) is 30.6 Å². The molecule has 0 aromatic carbocycles. The zero-order chi connectivity index (χ0) is 13.4. The van der Waals surface area contributed by atoms with Gasteiger partial charge < -0.3 is 5.32 Å². The van der Waals surface area contributed by atoms with Crippen LogP contribution in [0.15, 0.2) is 0 Å². The number of nitrogens with one attached hydrogen (secondary N) is 1. The molecule has 20 heavy (non-hydrogen) atoms. The normalized spacial score (nSPS) is 40.8. The van der Waals surface area contributed by atoms with Crippen molar-refractivity contribution in [1.82, 2.24) is 9.97 Å². The van der Waals surface area contributed by atoms with E-state index in [9.17, 15) is 0 Å². The Kier molecular flexibility index (Phi) is 2.29. The first-order valence-corrected chi connectivity index (χ1v) is 8.40. The van der Waals surface area contributed by atoms with E-state index in [-0.39, 0.29) is 0 Å². The van der Waals surface area contributed by atoms with Gasteiger partial charge in [0.05, 0.1) is 0 Å². The van der Waals surface area contributed by atoms with Gasteiger partial charge in [0.2, 0.25) is 0 Å². The third kappa shape index (κ3) is 1.59. The number of aromatic nitrogens is 2. The van der Waals surface area contributed by atoms with Gasteiger partial charge in [-0.05, 0) is 62.7 Å². The fourth-order valence-corrected chi connectivity index (χ4v) is 5.02. The van der Waals surface area contributed by atoms with Crippen molar-refractivity contribution in [2.24, 2.45) is 23.7 Å². The minimum atomic E-state index is 0.559. The summed E-state index contributed by atoms with van der Waals surface area (Å²) in [6, 6.07) is 0.665. The molecular formula is C16H20ClN3. The highest BCUT2D eigenvalue weighted by atomic mass is 35.5. The first-order valence-electron chi connectivity index (χ1n) is 8.03. The molecule has 0 aliphatic heterocycles. The first-order chi connectivity index (χ1) is 9.72. The summed E-state index contributed by atoms with van der Waals surface area (Å²) in [5, 5.41) is 4.35. The lowest BCUT2D eigenvalue weighted by molar-refractivity contribution is 0.456. The van der Waals surface area contributed by atoms with E-state index in [1.54, 1.807) is 0 Å². The molecule has 1 aromatic heterocycles. The molecule has 2 bridgehead atoms. The van der Waals surface area contributed by atoms with E-state index >= 15 is 0 Å². The Bertz CT molecular complexity index is 567. The summed E-state index contributed by atoms with van der Waals surface area (Å²) in [5.74, 6) is 6.34. The summed E-state index contributed by atoms with van der Waals surface area (Å²) in [6.07, 6.45) is 6.85. The number of hydrogen-bond acceptors (Lipinski definition) is 3. The van der Waals surface area contributed by atoms with Crippen LogP contribution in [0.2, 0.25) is 5.15 Å². The van der Waals surface area contributed by atoms with Gasteiger partial charge in [-0.2, -0.15) is 0 Å². The van der Waals surface area contributed by atoms with E-state index in [1.165, 1.54) is 32.1 Å². The van der Waals surface area contributed by atoms with Crippen molar-refractivity contribution < 1.29 is 0 Å². The van der Waals surface area contributed by atoms with Gasteiger partial charge in [0.1, 0.15) is 16.8 Å². The molecule has 4 aliphatic rings. The van der Waals surface area contributed by atoms with Crippen LogP contribution in [-0.2, 0) is 0 Å². The number of halogens is 1. The van der Waals surface area contributed by atoms with Crippen molar-refractivity contribution in [2.75, 3.05) is 5.32 Å². The quantitative estimate of drug-likeness (QED) is 0.861. The van der Waals surface area contributed by atoms with Gasteiger partial charge in [0, 0.05) is 17.5 Å². The molecule has 4 heteroatoms. The smallest absolute Gasteiger partial charge is 0.137 e. The molecule has 5 rings (SSSR count). The fraction of sp³-hybridized carbons (Fsp3) is 0.750. The average molecular weight is 290 g/mol. The second-order valence-electron chi connectivity index (χ2n) is 7.28. The molecule has 4 atom stereocenters. The highest BCUT2D eigenvalue weighted by Crippen LogP contribution is 2.66. The van der Waals surface area contributed by atoms with Gasteiger partial charge in [-0.15, -0.1) is 0 Å². The van der Waals surface area contributed by atoms with Crippen molar-refractivity contribution in [2.45, 2.75) is 51.0 Å². The molecule has 0 radical (unpaired) electrons. The number of fused-ring (bicyclic) bond motifs is 5. The zero-order valence-electron chi connectivity index (χ0n) is 11.8. The number of hydrogen-bond donors (Lipinski definition) is 1. The molecular weight excluding hydrogens is 270 g/mol. The second kappa shape index (κ2) is 3.88. The number of nitrogens with zero attached hydrogens (tertiary/aromatic N) is 2. The van der Waals surface area contributed by atoms with Gasteiger partial charge in [0.25, 0.3) is 0 Å². The van der Waals surface area contributed by atoms with E-state index in [0.29, 0.717) is 17.1 Å². The first kappa shape index (κ1) is 11.8. The summed E-state index contributed by atoms with van der Waals surface area (Å²) in [7, 11) is 0. The van der Waals surface area contributed by atoms with Crippen LogP contribution < -0.4 is 5.32 Å². The minimum Gasteiger partial charge on any atom is -0.366 e. The molecule has 1 heterocycles. The molecule has 4 unspecified atom stereocenters. The van der Waals surface area contributed by atoms with Crippen molar-refractivity contribution in [1.29, 1.82) is 0 Å². The standard InChI is InChI=1S/C16H20ClN3/c1-7-14(17)19-16(8-2-3-8)20-15(7)18-13-11-9-4-5-10(6-9)12(11)13/h8-13H,2-6H2,1H3,(H,18,19,20). The Morgan fingerprint density at radius 2 is 1.75 bits per heavy atom. The predicted octanol–water partition coefficient (Wildman–Crippen LogP) is 3.77. The van der Waals surface area contributed by atoms with Crippen LogP contribution in [-0.4, -0.2) is 16.0 Å². The Labute approximate surface area is 124 Å². The fourth-order valence-electron chi connectivity index (χ4n) is 4.85. The van der Waals surface area contributed by atoms with Crippen LogP contribution in [0.5, 0.6) is 0 Å². The second-order valence-corrected chi connectivity index (χ2v) is 7.64. The van der Waals surface area contributed by atoms with Crippen LogP contribution in [0.3, 0.4) is 0 Å². The zero-order valence-corrected chi connectivity index (χ0v) is 12.5. The molecule has 3 nitrogen and oxygen atoms in total. The third-order valence-corrected chi connectivity index (χ3v) is 6.45. The van der Waals surface area contributed by atoms with Crippen LogP contribution in [0.1, 0.15) is 49.4 Å².